The first-order valence-electron chi connectivity index (χ1n) is 9.01. The van der Waals surface area contributed by atoms with Gasteiger partial charge < -0.3 is 4.90 Å². The highest BCUT2D eigenvalue weighted by molar-refractivity contribution is 5.91. The number of carbonyl (C=O) groups excluding carboxylic acids is 1. The molecular formula is C21H19N5O. The molecule has 6 heteroatoms. The van der Waals surface area contributed by atoms with E-state index in [0.717, 1.165) is 36.4 Å². The van der Waals surface area contributed by atoms with Gasteiger partial charge in [0.05, 0.1) is 11.6 Å². The highest BCUT2D eigenvalue weighted by atomic mass is 16.2. The molecule has 1 atom stereocenters. The number of rotatable bonds is 3. The molecule has 1 unspecified atom stereocenters. The average Bonchev–Trinajstić information content (AvgIpc) is 3.16. The number of piperidine rings is 1. The second kappa shape index (κ2) is 7.42. The second-order valence-corrected chi connectivity index (χ2v) is 6.68. The molecule has 134 valence electrons. The molecule has 0 radical (unpaired) electrons. The fourth-order valence-corrected chi connectivity index (χ4v) is 3.47. The van der Waals surface area contributed by atoms with Gasteiger partial charge >= 0.3 is 0 Å². The molecule has 27 heavy (non-hydrogen) atoms. The number of nitriles is 1. The van der Waals surface area contributed by atoms with Crippen molar-refractivity contribution in [2.45, 2.75) is 18.8 Å². The summed E-state index contributed by atoms with van der Waals surface area (Å²) in [7, 11) is 0. The quantitative estimate of drug-likeness (QED) is 0.675. The molecule has 0 saturated carbocycles. The van der Waals surface area contributed by atoms with Crippen LogP contribution in [0.5, 0.6) is 0 Å². The Morgan fingerprint density at radius 1 is 1.19 bits per heavy atom. The normalized spacial score (nSPS) is 17.3. The van der Waals surface area contributed by atoms with Gasteiger partial charge in [-0.05, 0) is 48.7 Å². The van der Waals surface area contributed by atoms with E-state index in [9.17, 15) is 4.79 Å². The van der Waals surface area contributed by atoms with E-state index in [0.29, 0.717) is 12.1 Å². The van der Waals surface area contributed by atoms with Gasteiger partial charge in [0.15, 0.2) is 5.65 Å². The van der Waals surface area contributed by atoms with Crippen molar-refractivity contribution in [3.05, 3.63) is 71.7 Å². The second-order valence-electron chi connectivity index (χ2n) is 6.68. The fourth-order valence-electron chi connectivity index (χ4n) is 3.47. The maximum absolute atomic E-state index is 12.6. The van der Waals surface area contributed by atoms with Crippen LogP contribution in [0.1, 0.15) is 35.7 Å². The zero-order valence-corrected chi connectivity index (χ0v) is 14.8. The molecule has 1 aliphatic heterocycles. The Balaban J connectivity index is 1.46. The molecule has 6 nitrogen and oxygen atoms in total. The number of hydrogen-bond acceptors (Lipinski definition) is 4. The fraction of sp³-hybridized carbons (Fsp3) is 0.238. The van der Waals surface area contributed by atoms with Gasteiger partial charge in [-0.1, -0.05) is 18.2 Å². The van der Waals surface area contributed by atoms with Crippen LogP contribution in [0.25, 0.3) is 11.7 Å². The van der Waals surface area contributed by atoms with Crippen molar-refractivity contribution < 1.29 is 4.79 Å². The third-order valence-corrected chi connectivity index (χ3v) is 4.90. The van der Waals surface area contributed by atoms with Crippen LogP contribution in [0.2, 0.25) is 0 Å². The van der Waals surface area contributed by atoms with Crippen molar-refractivity contribution >= 4 is 17.6 Å². The summed E-state index contributed by atoms with van der Waals surface area (Å²) in [6, 6.07) is 15.1. The minimum absolute atomic E-state index is 0.00196. The molecule has 3 heterocycles. The molecule has 0 bridgehead atoms. The zero-order valence-electron chi connectivity index (χ0n) is 14.8. The molecule has 1 saturated heterocycles. The molecule has 1 amide bonds. The van der Waals surface area contributed by atoms with E-state index in [1.54, 1.807) is 24.3 Å². The van der Waals surface area contributed by atoms with Gasteiger partial charge in [0.25, 0.3) is 0 Å². The SMILES string of the molecule is N#Cc1ccc(/C=C/C(=O)N2CCCC(c3nnc4ccccn34)C2)cc1. The lowest BCUT2D eigenvalue weighted by atomic mass is 9.97. The first-order chi connectivity index (χ1) is 13.2. The molecule has 1 aromatic carbocycles. The van der Waals surface area contributed by atoms with Crippen molar-refractivity contribution in [2.75, 3.05) is 13.1 Å². The van der Waals surface area contributed by atoms with Crippen LogP contribution in [0, 0.1) is 11.3 Å². The first kappa shape index (κ1) is 17.0. The van der Waals surface area contributed by atoms with Crippen LogP contribution in [0.4, 0.5) is 0 Å². The topological polar surface area (TPSA) is 74.3 Å². The van der Waals surface area contributed by atoms with Crippen molar-refractivity contribution in [1.82, 2.24) is 19.5 Å². The van der Waals surface area contributed by atoms with E-state index in [1.807, 2.05) is 45.8 Å². The van der Waals surface area contributed by atoms with Gasteiger partial charge in [0.1, 0.15) is 5.82 Å². The molecule has 3 aromatic rings. The van der Waals surface area contributed by atoms with E-state index in [1.165, 1.54) is 0 Å². The van der Waals surface area contributed by atoms with Gasteiger partial charge in [-0.3, -0.25) is 9.20 Å². The minimum Gasteiger partial charge on any atom is -0.338 e. The van der Waals surface area contributed by atoms with E-state index in [2.05, 4.69) is 16.3 Å². The lowest BCUT2D eigenvalue weighted by Crippen LogP contribution is -2.38. The number of likely N-dealkylation sites (tertiary alicyclic amines) is 1. The number of amides is 1. The number of aromatic nitrogens is 3. The minimum atomic E-state index is -0.00196. The molecule has 1 aliphatic rings. The van der Waals surface area contributed by atoms with Gasteiger partial charge in [0.2, 0.25) is 5.91 Å². The summed E-state index contributed by atoms with van der Waals surface area (Å²) in [5.74, 6) is 1.10. The Hall–Kier alpha value is -3.46. The Kier molecular flexibility index (Phi) is 4.67. The molecule has 4 rings (SSSR count). The first-order valence-corrected chi connectivity index (χ1v) is 9.01. The van der Waals surface area contributed by atoms with Crippen molar-refractivity contribution in [3.63, 3.8) is 0 Å². The predicted molar refractivity (Wildman–Crippen MR) is 102 cm³/mol. The van der Waals surface area contributed by atoms with Crippen LogP contribution >= 0.6 is 0 Å². The maximum atomic E-state index is 12.6. The Labute approximate surface area is 157 Å². The summed E-state index contributed by atoms with van der Waals surface area (Å²) in [6.07, 6.45) is 7.31. The number of nitrogens with zero attached hydrogens (tertiary/aromatic N) is 5. The Bertz CT molecular complexity index is 1030. The van der Waals surface area contributed by atoms with Crippen LogP contribution in [0.15, 0.2) is 54.7 Å². The van der Waals surface area contributed by atoms with E-state index >= 15 is 0 Å². The number of fused-ring (bicyclic) bond motifs is 1. The summed E-state index contributed by atoms with van der Waals surface area (Å²) < 4.78 is 2.01. The molecular weight excluding hydrogens is 338 g/mol. The Morgan fingerprint density at radius 2 is 2.04 bits per heavy atom. The predicted octanol–water partition coefficient (Wildman–Crippen LogP) is 3.02. The van der Waals surface area contributed by atoms with Crippen LogP contribution in [-0.4, -0.2) is 38.5 Å². The van der Waals surface area contributed by atoms with E-state index < -0.39 is 0 Å². The molecule has 0 N–H and O–H groups in total. The molecule has 0 aliphatic carbocycles. The van der Waals surface area contributed by atoms with Gasteiger partial charge in [-0.15, -0.1) is 10.2 Å². The zero-order chi connectivity index (χ0) is 18.6. The number of benzene rings is 1. The average molecular weight is 357 g/mol. The maximum Gasteiger partial charge on any atom is 0.246 e. The lowest BCUT2D eigenvalue weighted by molar-refractivity contribution is -0.127. The molecule has 2 aromatic heterocycles. The van der Waals surface area contributed by atoms with Crippen LogP contribution in [-0.2, 0) is 4.79 Å². The summed E-state index contributed by atoms with van der Waals surface area (Å²) in [6.45, 7) is 1.40. The van der Waals surface area contributed by atoms with Gasteiger partial charge in [-0.2, -0.15) is 5.26 Å². The smallest absolute Gasteiger partial charge is 0.246 e. The summed E-state index contributed by atoms with van der Waals surface area (Å²) in [5.41, 5.74) is 2.34. The summed E-state index contributed by atoms with van der Waals surface area (Å²) in [5, 5.41) is 17.4. The standard InChI is InChI=1S/C21H19N5O/c22-14-17-8-6-16(7-9-17)10-11-20(27)25-12-3-4-18(15-25)21-24-23-19-5-1-2-13-26(19)21/h1-2,5-11,13,18H,3-4,12,15H2/b11-10+. The molecule has 0 spiro atoms. The number of pyridine rings is 1. The van der Waals surface area contributed by atoms with Gasteiger partial charge in [-0.25, -0.2) is 0 Å². The van der Waals surface area contributed by atoms with Crippen molar-refractivity contribution in [1.29, 1.82) is 5.26 Å². The van der Waals surface area contributed by atoms with E-state index in [4.69, 9.17) is 5.26 Å². The third kappa shape index (κ3) is 3.58. The molecule has 1 fully saturated rings. The van der Waals surface area contributed by atoms with Crippen LogP contribution in [0.3, 0.4) is 0 Å². The summed E-state index contributed by atoms with van der Waals surface area (Å²) >= 11 is 0. The Morgan fingerprint density at radius 3 is 2.85 bits per heavy atom. The number of carbonyl (C=O) groups is 1. The van der Waals surface area contributed by atoms with Crippen LogP contribution < -0.4 is 0 Å². The number of hydrogen-bond donors (Lipinski definition) is 0. The highest BCUT2D eigenvalue weighted by Gasteiger charge is 2.26. The third-order valence-electron chi connectivity index (χ3n) is 4.90. The summed E-state index contributed by atoms with van der Waals surface area (Å²) in [4.78, 5) is 14.5. The van der Waals surface area contributed by atoms with Gasteiger partial charge in [0, 0.05) is 31.3 Å². The van der Waals surface area contributed by atoms with Crippen molar-refractivity contribution in [2.24, 2.45) is 0 Å². The van der Waals surface area contributed by atoms with Crippen molar-refractivity contribution in [3.8, 4) is 6.07 Å². The largest absolute Gasteiger partial charge is 0.338 e. The van der Waals surface area contributed by atoms with E-state index in [-0.39, 0.29) is 11.8 Å². The lowest BCUT2D eigenvalue weighted by Gasteiger charge is -2.31. The monoisotopic (exact) mass is 357 g/mol. The highest BCUT2D eigenvalue weighted by Crippen LogP contribution is 2.26.